The van der Waals surface area contributed by atoms with Crippen LogP contribution in [0.3, 0.4) is 0 Å². The SMILES string of the molecule is COCCNCc1ccnc(Cc2cccs2)n1. The van der Waals surface area contributed by atoms with Gasteiger partial charge in [-0.1, -0.05) is 6.07 Å². The first kappa shape index (κ1) is 13.1. The van der Waals surface area contributed by atoms with Gasteiger partial charge in [0.05, 0.1) is 12.3 Å². The Bertz CT molecular complexity index is 459. The van der Waals surface area contributed by atoms with Gasteiger partial charge >= 0.3 is 0 Å². The molecule has 0 radical (unpaired) electrons. The van der Waals surface area contributed by atoms with Crippen LogP contribution in [-0.4, -0.2) is 30.2 Å². The van der Waals surface area contributed by atoms with Crippen molar-refractivity contribution in [1.29, 1.82) is 0 Å². The molecule has 0 bridgehead atoms. The van der Waals surface area contributed by atoms with Crippen LogP contribution in [0.5, 0.6) is 0 Å². The highest BCUT2D eigenvalue weighted by atomic mass is 32.1. The highest BCUT2D eigenvalue weighted by molar-refractivity contribution is 7.09. The fourth-order valence-corrected chi connectivity index (χ4v) is 2.29. The summed E-state index contributed by atoms with van der Waals surface area (Å²) < 4.78 is 4.98. The number of nitrogens with zero attached hydrogens (tertiary/aromatic N) is 2. The van der Waals surface area contributed by atoms with E-state index in [2.05, 4.69) is 32.8 Å². The predicted octanol–water partition coefficient (Wildman–Crippen LogP) is 1.86. The molecule has 2 heterocycles. The molecular weight excluding hydrogens is 246 g/mol. The molecule has 0 unspecified atom stereocenters. The van der Waals surface area contributed by atoms with Crippen molar-refractivity contribution in [3.63, 3.8) is 0 Å². The van der Waals surface area contributed by atoms with Crippen LogP contribution in [0, 0.1) is 0 Å². The predicted molar refractivity (Wildman–Crippen MR) is 72.7 cm³/mol. The zero-order valence-corrected chi connectivity index (χ0v) is 11.2. The van der Waals surface area contributed by atoms with E-state index in [4.69, 9.17) is 4.74 Å². The Morgan fingerprint density at radius 2 is 2.33 bits per heavy atom. The Balaban J connectivity index is 1.88. The topological polar surface area (TPSA) is 47.0 Å². The van der Waals surface area contributed by atoms with E-state index < -0.39 is 0 Å². The maximum absolute atomic E-state index is 4.98. The number of ether oxygens (including phenoxy) is 1. The molecule has 0 aliphatic heterocycles. The second kappa shape index (κ2) is 7.20. The molecule has 0 saturated heterocycles. The standard InChI is InChI=1S/C13H17N3OS/c1-17-7-6-14-10-11-4-5-15-13(16-11)9-12-3-2-8-18-12/h2-5,8,14H,6-7,9-10H2,1H3. The van der Waals surface area contributed by atoms with Gasteiger partial charge in [-0.3, -0.25) is 0 Å². The van der Waals surface area contributed by atoms with E-state index in [0.29, 0.717) is 6.61 Å². The van der Waals surface area contributed by atoms with Crippen LogP contribution in [0.25, 0.3) is 0 Å². The van der Waals surface area contributed by atoms with Crippen LogP contribution < -0.4 is 5.32 Å². The molecule has 2 aromatic heterocycles. The number of thiophene rings is 1. The third kappa shape index (κ3) is 4.18. The van der Waals surface area contributed by atoms with Gasteiger partial charge in [0.1, 0.15) is 5.82 Å². The van der Waals surface area contributed by atoms with Gasteiger partial charge in [0.2, 0.25) is 0 Å². The van der Waals surface area contributed by atoms with E-state index in [-0.39, 0.29) is 0 Å². The summed E-state index contributed by atoms with van der Waals surface area (Å²) in [6, 6.07) is 6.10. The quantitative estimate of drug-likeness (QED) is 0.775. The Kier molecular flexibility index (Phi) is 5.26. The lowest BCUT2D eigenvalue weighted by atomic mass is 10.3. The molecule has 0 amide bonds. The van der Waals surface area contributed by atoms with Gasteiger partial charge in [-0.2, -0.15) is 0 Å². The van der Waals surface area contributed by atoms with Gasteiger partial charge in [-0.25, -0.2) is 9.97 Å². The average Bonchev–Trinajstić information content (AvgIpc) is 2.88. The summed E-state index contributed by atoms with van der Waals surface area (Å²) in [5.74, 6) is 0.878. The Labute approximate surface area is 111 Å². The number of methoxy groups -OCH3 is 1. The first-order valence-corrected chi connectivity index (χ1v) is 6.79. The lowest BCUT2D eigenvalue weighted by molar-refractivity contribution is 0.199. The molecule has 5 heteroatoms. The minimum Gasteiger partial charge on any atom is -0.383 e. The average molecular weight is 263 g/mol. The molecule has 0 aliphatic carbocycles. The monoisotopic (exact) mass is 263 g/mol. The van der Waals surface area contributed by atoms with Gasteiger partial charge in [-0.05, 0) is 17.5 Å². The number of rotatable bonds is 7. The summed E-state index contributed by atoms with van der Waals surface area (Å²) in [5.41, 5.74) is 1.02. The van der Waals surface area contributed by atoms with Gasteiger partial charge in [0.25, 0.3) is 0 Å². The molecule has 0 fully saturated rings. The van der Waals surface area contributed by atoms with Crippen LogP contribution in [0.15, 0.2) is 29.8 Å². The number of nitrogens with one attached hydrogen (secondary N) is 1. The van der Waals surface area contributed by atoms with Crippen LogP contribution in [-0.2, 0) is 17.7 Å². The summed E-state index contributed by atoms with van der Waals surface area (Å²) in [4.78, 5) is 10.1. The van der Waals surface area contributed by atoms with Crippen molar-refractivity contribution in [2.45, 2.75) is 13.0 Å². The summed E-state index contributed by atoms with van der Waals surface area (Å²) >= 11 is 1.74. The van der Waals surface area contributed by atoms with Crippen LogP contribution in [0.4, 0.5) is 0 Å². The highest BCUT2D eigenvalue weighted by Crippen LogP contribution is 2.12. The van der Waals surface area contributed by atoms with Gasteiger partial charge in [0, 0.05) is 37.7 Å². The number of aromatic nitrogens is 2. The van der Waals surface area contributed by atoms with E-state index in [0.717, 1.165) is 31.0 Å². The molecule has 2 aromatic rings. The van der Waals surface area contributed by atoms with E-state index in [1.165, 1.54) is 4.88 Å². The fraction of sp³-hybridized carbons (Fsp3) is 0.385. The zero-order valence-electron chi connectivity index (χ0n) is 10.4. The molecule has 96 valence electrons. The van der Waals surface area contributed by atoms with Crippen molar-refractivity contribution in [2.24, 2.45) is 0 Å². The number of hydrogen-bond donors (Lipinski definition) is 1. The summed E-state index contributed by atoms with van der Waals surface area (Å²) in [5, 5.41) is 5.35. The summed E-state index contributed by atoms with van der Waals surface area (Å²) in [7, 11) is 1.70. The molecule has 4 nitrogen and oxygen atoms in total. The minimum atomic E-state index is 0.715. The molecule has 0 spiro atoms. The third-order valence-electron chi connectivity index (χ3n) is 2.46. The fourth-order valence-electron chi connectivity index (χ4n) is 1.58. The van der Waals surface area contributed by atoms with Gasteiger partial charge in [0.15, 0.2) is 0 Å². The van der Waals surface area contributed by atoms with E-state index in [9.17, 15) is 0 Å². The lowest BCUT2D eigenvalue weighted by Gasteiger charge is -2.05. The molecule has 0 aromatic carbocycles. The molecule has 18 heavy (non-hydrogen) atoms. The minimum absolute atomic E-state index is 0.715. The summed E-state index contributed by atoms with van der Waals surface area (Å²) in [6.07, 6.45) is 2.63. The van der Waals surface area contributed by atoms with E-state index in [1.807, 2.05) is 12.3 Å². The van der Waals surface area contributed by atoms with Crippen LogP contribution in [0.1, 0.15) is 16.4 Å². The Morgan fingerprint density at radius 3 is 3.11 bits per heavy atom. The van der Waals surface area contributed by atoms with Gasteiger partial charge in [-0.15, -0.1) is 11.3 Å². The third-order valence-corrected chi connectivity index (χ3v) is 3.34. The van der Waals surface area contributed by atoms with E-state index in [1.54, 1.807) is 18.4 Å². The molecule has 0 saturated carbocycles. The van der Waals surface area contributed by atoms with Crippen molar-refractivity contribution in [2.75, 3.05) is 20.3 Å². The second-order valence-electron chi connectivity index (χ2n) is 3.89. The van der Waals surface area contributed by atoms with Crippen molar-refractivity contribution < 1.29 is 4.74 Å². The summed E-state index contributed by atoms with van der Waals surface area (Å²) in [6.45, 7) is 2.30. The first-order valence-electron chi connectivity index (χ1n) is 5.91. The van der Waals surface area contributed by atoms with Crippen molar-refractivity contribution >= 4 is 11.3 Å². The largest absolute Gasteiger partial charge is 0.383 e. The molecule has 1 N–H and O–H groups in total. The van der Waals surface area contributed by atoms with Crippen molar-refractivity contribution in [1.82, 2.24) is 15.3 Å². The molecule has 0 aliphatic rings. The lowest BCUT2D eigenvalue weighted by Crippen LogP contribution is -2.19. The van der Waals surface area contributed by atoms with Gasteiger partial charge < -0.3 is 10.1 Å². The maximum Gasteiger partial charge on any atom is 0.133 e. The normalized spacial score (nSPS) is 10.7. The maximum atomic E-state index is 4.98. The number of hydrogen-bond acceptors (Lipinski definition) is 5. The molecule has 0 atom stereocenters. The van der Waals surface area contributed by atoms with Crippen LogP contribution in [0.2, 0.25) is 0 Å². The Hall–Kier alpha value is -1.30. The molecule has 2 rings (SSSR count). The first-order chi connectivity index (χ1) is 8.88. The second-order valence-corrected chi connectivity index (χ2v) is 4.92. The zero-order chi connectivity index (χ0) is 12.6. The van der Waals surface area contributed by atoms with E-state index >= 15 is 0 Å². The van der Waals surface area contributed by atoms with Crippen LogP contribution >= 0.6 is 11.3 Å². The van der Waals surface area contributed by atoms with Crippen molar-refractivity contribution in [3.8, 4) is 0 Å². The van der Waals surface area contributed by atoms with Crippen molar-refractivity contribution in [3.05, 3.63) is 46.2 Å². The molecular formula is C13H17N3OS. The Morgan fingerprint density at radius 1 is 1.39 bits per heavy atom. The highest BCUT2D eigenvalue weighted by Gasteiger charge is 2.02. The smallest absolute Gasteiger partial charge is 0.133 e.